The molecule has 14 rings (SSSR count). The van der Waals surface area contributed by atoms with E-state index >= 15 is 0 Å². The van der Waals surface area contributed by atoms with Crippen LogP contribution in [0.15, 0.2) is 237 Å². The average molecular weight is 1220 g/mol. The second kappa shape index (κ2) is 22.0. The van der Waals surface area contributed by atoms with Crippen molar-refractivity contribution in [1.29, 1.82) is 0 Å². The highest BCUT2D eigenvalue weighted by atomic mass is 28.3. The first-order valence-corrected chi connectivity index (χ1v) is 34.5. The van der Waals surface area contributed by atoms with Gasteiger partial charge in [0, 0.05) is 40.8 Å². The predicted octanol–water partition coefficient (Wildman–Crippen LogP) is 20.8. The molecule has 0 saturated heterocycles. The molecule has 1 spiro atoms. The number of rotatable bonds is 8. The first kappa shape index (κ1) is 54.5. The Morgan fingerprint density at radius 1 is 0.370 bits per heavy atom. The highest BCUT2D eigenvalue weighted by molar-refractivity contribution is 7.23. The molecule has 0 amide bonds. The first-order valence-electron chi connectivity index (χ1n) is 35.0. The van der Waals surface area contributed by atoms with E-state index in [1.165, 1.54) is 54.1 Å². The van der Waals surface area contributed by atoms with Crippen LogP contribution in [0.1, 0.15) is 139 Å². The molecule has 3 aliphatic heterocycles. The van der Waals surface area contributed by atoms with Gasteiger partial charge in [-0.3, -0.25) is 4.90 Å². The molecular formula is C86H86N4OSi. The van der Waals surface area contributed by atoms with Gasteiger partial charge in [0.25, 0.3) is 0 Å². The van der Waals surface area contributed by atoms with E-state index in [-0.39, 0.29) is 56.8 Å². The lowest BCUT2D eigenvalue weighted by Crippen LogP contribution is -2.75. The molecule has 1 aromatic heterocycles. The minimum absolute atomic E-state index is 0.0161. The Labute approximate surface area is 555 Å². The molecular weight excluding hydrogens is 1130 g/mol. The number of pyridine rings is 1. The van der Waals surface area contributed by atoms with Gasteiger partial charge in [0.15, 0.2) is 8.07 Å². The average Bonchev–Trinajstić information content (AvgIpc) is 1.59. The van der Waals surface area contributed by atoms with E-state index in [9.17, 15) is 2.74 Å². The molecule has 11 aromatic rings. The number of aromatic nitrogens is 1. The summed E-state index contributed by atoms with van der Waals surface area (Å²) in [4.78, 5) is 12.2. The highest BCUT2D eigenvalue weighted by Gasteiger charge is 2.55. The van der Waals surface area contributed by atoms with E-state index in [0.29, 0.717) is 23.7 Å². The Morgan fingerprint density at radius 2 is 0.902 bits per heavy atom. The highest BCUT2D eigenvalue weighted by Crippen LogP contribution is 2.52. The smallest absolute Gasteiger partial charge is 0.185 e. The number of anilines is 7. The molecule has 4 heterocycles. The monoisotopic (exact) mass is 1220 g/mol. The molecule has 0 fully saturated rings. The Balaban J connectivity index is 0.922. The van der Waals surface area contributed by atoms with Crippen LogP contribution in [0, 0.1) is 0 Å². The van der Waals surface area contributed by atoms with Gasteiger partial charge in [-0.15, -0.1) is 0 Å². The number of para-hydroxylation sites is 4. The van der Waals surface area contributed by atoms with Crippen LogP contribution in [-0.2, 0) is 27.1 Å². The molecule has 460 valence electrons. The Hall–Kier alpha value is -9.23. The molecule has 92 heavy (non-hydrogen) atoms. The largest absolute Gasteiger partial charge is 0.457 e. The van der Waals surface area contributed by atoms with Crippen molar-refractivity contribution in [1.82, 2.24) is 4.98 Å². The fourth-order valence-corrected chi connectivity index (χ4v) is 19.7. The first-order chi connectivity index (χ1) is 45.8. The van der Waals surface area contributed by atoms with Gasteiger partial charge in [0.1, 0.15) is 24.0 Å². The summed E-state index contributed by atoms with van der Waals surface area (Å²) in [5.41, 5.74) is 18.4. The fraction of sp³-hybridized carbons (Fsp3) is 0.244. The number of ether oxygens (including phenoxy) is 1. The van der Waals surface area contributed by atoms with E-state index in [1.54, 1.807) is 0 Å². The second-order valence-electron chi connectivity index (χ2n) is 30.6. The third kappa shape index (κ3) is 10.4. The van der Waals surface area contributed by atoms with Crippen LogP contribution < -0.4 is 40.2 Å². The van der Waals surface area contributed by atoms with Gasteiger partial charge in [-0.05, 0) is 164 Å². The summed E-state index contributed by atoms with van der Waals surface area (Å²) in [5, 5.41) is 5.41. The van der Waals surface area contributed by atoms with Crippen LogP contribution in [-0.4, -0.2) is 19.7 Å². The summed E-state index contributed by atoms with van der Waals surface area (Å²) in [6.07, 6.45) is 1.96. The van der Waals surface area contributed by atoms with Gasteiger partial charge in [0.05, 0.1) is 29.6 Å². The van der Waals surface area contributed by atoms with Crippen LogP contribution in [0.5, 0.6) is 11.5 Å². The number of hydrogen-bond acceptors (Lipinski definition) is 5. The van der Waals surface area contributed by atoms with Gasteiger partial charge >= 0.3 is 0 Å². The summed E-state index contributed by atoms with van der Waals surface area (Å²) < 4.78 is 52.8. The third-order valence-corrected chi connectivity index (χ3v) is 24.2. The van der Waals surface area contributed by atoms with E-state index in [1.807, 2.05) is 36.5 Å². The molecule has 5 nitrogen and oxygen atoms in total. The summed E-state index contributed by atoms with van der Waals surface area (Å²) in [6.45, 7) is 34.4. The van der Waals surface area contributed by atoms with Gasteiger partial charge in [-0.25, -0.2) is 4.98 Å². The Morgan fingerprint density at radius 3 is 1.53 bits per heavy atom. The van der Waals surface area contributed by atoms with Gasteiger partial charge in [-0.2, -0.15) is 0 Å². The van der Waals surface area contributed by atoms with E-state index in [4.69, 9.17) is 13.8 Å². The molecule has 0 atom stereocenters. The SMILES string of the molecule is [2H]c1c([2H])c([2H])c(-c2cccc(-c3cc(-c4ccc(C(C)(C)C)cc4)cc(C(C)(C)C)c3)c2N2CN(c3cccc(Oc4ccc5c(c4)N(c4cc(C(C)(C)C)ccn4)c4ccccc4[Si]54c5cc(C(C)(C)C)ccc5-c5ccc(C(C)(C)C)cc54)c3)c3ccccc32)c([2H])c1[2H]. The molecule has 0 N–H and O–H groups in total. The van der Waals surface area contributed by atoms with Crippen molar-refractivity contribution in [3.63, 3.8) is 0 Å². The molecule has 10 aromatic carbocycles. The van der Waals surface area contributed by atoms with Gasteiger partial charge < -0.3 is 14.5 Å². The van der Waals surface area contributed by atoms with Gasteiger partial charge in [0.2, 0.25) is 0 Å². The van der Waals surface area contributed by atoms with E-state index in [2.05, 4.69) is 288 Å². The van der Waals surface area contributed by atoms with Crippen LogP contribution in [0.3, 0.4) is 0 Å². The third-order valence-electron chi connectivity index (χ3n) is 19.3. The minimum atomic E-state index is -3.15. The van der Waals surface area contributed by atoms with E-state index in [0.717, 1.165) is 67.8 Å². The number of benzene rings is 10. The normalized spacial score (nSPS) is 15.0. The topological polar surface area (TPSA) is 31.8 Å². The van der Waals surface area contributed by atoms with Crippen molar-refractivity contribution < 1.29 is 11.6 Å². The molecule has 0 saturated carbocycles. The zero-order chi connectivity index (χ0) is 68.8. The van der Waals surface area contributed by atoms with Crippen LogP contribution in [0.4, 0.5) is 39.9 Å². The molecule has 3 aliphatic rings. The summed E-state index contributed by atoms with van der Waals surface area (Å²) >= 11 is 0. The van der Waals surface area contributed by atoms with Crippen LogP contribution in [0.25, 0.3) is 44.5 Å². The maximum absolute atomic E-state index is 9.48. The zero-order valence-corrected chi connectivity index (χ0v) is 57.0. The van der Waals surface area contributed by atoms with Gasteiger partial charge in [-0.1, -0.05) is 268 Å². The van der Waals surface area contributed by atoms with Crippen molar-refractivity contribution in [3.05, 3.63) is 264 Å². The summed E-state index contributed by atoms with van der Waals surface area (Å²) in [6, 6.07) is 71.4. The van der Waals surface area contributed by atoms with Crippen molar-refractivity contribution in [2.75, 3.05) is 21.4 Å². The predicted molar refractivity (Wildman–Crippen MR) is 393 cm³/mol. The van der Waals surface area contributed by atoms with Crippen molar-refractivity contribution in [3.8, 4) is 56.0 Å². The fourth-order valence-electron chi connectivity index (χ4n) is 14.1. The zero-order valence-electron chi connectivity index (χ0n) is 61.0. The molecule has 0 aliphatic carbocycles. The van der Waals surface area contributed by atoms with Crippen LogP contribution in [0.2, 0.25) is 0 Å². The lowest BCUT2D eigenvalue weighted by atomic mass is 9.82. The molecule has 0 unspecified atom stereocenters. The molecule has 6 heteroatoms. The number of hydrogen-bond donors (Lipinski definition) is 0. The molecule has 0 radical (unpaired) electrons. The molecule has 0 bridgehead atoms. The van der Waals surface area contributed by atoms with Crippen LogP contribution >= 0.6 is 0 Å². The van der Waals surface area contributed by atoms with Crippen molar-refractivity contribution in [2.24, 2.45) is 0 Å². The maximum Gasteiger partial charge on any atom is 0.185 e. The summed E-state index contributed by atoms with van der Waals surface area (Å²) in [7, 11) is -3.15. The lowest BCUT2D eigenvalue weighted by molar-refractivity contribution is 0.483. The van der Waals surface area contributed by atoms with E-state index < -0.39 is 14.1 Å². The summed E-state index contributed by atoms with van der Waals surface area (Å²) in [5.74, 6) is 2.18. The Bertz CT molecular complexity index is 4910. The maximum atomic E-state index is 9.48. The number of fused-ring (bicyclic) bond motifs is 10. The van der Waals surface area contributed by atoms with Crippen molar-refractivity contribution >= 4 is 68.8 Å². The standard InChI is InChI=1S/C86H86N4OSi/c1-82(2,3)60-37-35-56(36-38-60)58-47-59(49-64(48-58)86(13,14)15)69-30-24-29-68(57-25-17-16-18-26-57)81(69)89-55-88(72-31-19-20-32-73(72)89)65-27-23-28-66(53-65)91-67-41-44-77-75(54-67)90(80-52-63(45-46-87-80)85(10,11)12)74-33-21-22-34-76(74)92(77)78-50-61(83(4,5)6)39-42-70(78)71-43-40-62(51-79(71)92)84(7,8)9/h16-54H,55H2,1-15H3/i16D,17D,18D,25D,26D. The minimum Gasteiger partial charge on any atom is -0.457 e. The quantitative estimate of drug-likeness (QED) is 0.142. The lowest BCUT2D eigenvalue weighted by Gasteiger charge is -2.44. The van der Waals surface area contributed by atoms with Crippen molar-refractivity contribution in [2.45, 2.75) is 131 Å². The Kier molecular flexibility index (Phi) is 13.0. The second-order valence-corrected chi connectivity index (χ2v) is 34.3. The number of nitrogens with zero attached hydrogens (tertiary/aromatic N) is 4.